The van der Waals surface area contributed by atoms with E-state index in [1.54, 1.807) is 0 Å². The van der Waals surface area contributed by atoms with Crippen LogP contribution < -0.4 is 5.32 Å². The van der Waals surface area contributed by atoms with Crippen LogP contribution in [0.25, 0.3) is 21.3 Å². The quantitative estimate of drug-likeness (QED) is 0.381. The summed E-state index contributed by atoms with van der Waals surface area (Å²) in [5.74, 6) is 0.772. The molecule has 0 spiro atoms. The van der Waals surface area contributed by atoms with Crippen LogP contribution in [-0.2, 0) is 7.05 Å². The molecule has 3 atom stereocenters. The van der Waals surface area contributed by atoms with E-state index in [-0.39, 0.29) is 17.9 Å². The van der Waals surface area contributed by atoms with Crippen molar-refractivity contribution in [3.05, 3.63) is 75.5 Å². The highest BCUT2D eigenvalue weighted by Crippen LogP contribution is 2.50. The topological polar surface area (TPSA) is 67.2 Å². The van der Waals surface area contributed by atoms with E-state index < -0.39 is 0 Å². The third kappa shape index (κ3) is 3.82. The molecule has 2 amide bonds. The first-order chi connectivity index (χ1) is 17.3. The molecular weight excluding hydrogens is 492 g/mol. The van der Waals surface area contributed by atoms with Gasteiger partial charge in [0, 0.05) is 41.8 Å². The molecule has 6 nitrogen and oxygen atoms in total. The van der Waals surface area contributed by atoms with E-state index in [0.29, 0.717) is 41.2 Å². The fraction of sp³-hybridized carbons (Fsp3) is 0.321. The molecule has 4 aromatic rings. The second kappa shape index (κ2) is 8.75. The molecule has 0 radical (unpaired) electrons. The van der Waals surface area contributed by atoms with Crippen LogP contribution in [0.2, 0.25) is 5.02 Å². The molecule has 1 aliphatic carbocycles. The summed E-state index contributed by atoms with van der Waals surface area (Å²) in [6.45, 7) is 5.03. The fourth-order valence-electron chi connectivity index (χ4n) is 5.69. The number of halogens is 1. The average Bonchev–Trinajstić information content (AvgIpc) is 3.26. The van der Waals surface area contributed by atoms with Gasteiger partial charge in [-0.3, -0.25) is 9.59 Å². The maximum Gasteiger partial charge on any atom is 0.274 e. The Morgan fingerprint density at radius 2 is 1.97 bits per heavy atom. The Bertz CT molecular complexity index is 1520. The molecule has 0 bridgehead atoms. The van der Waals surface area contributed by atoms with Crippen molar-refractivity contribution in [2.24, 2.45) is 18.9 Å². The third-order valence-corrected chi connectivity index (χ3v) is 8.94. The largest absolute Gasteiger partial charge is 0.350 e. The lowest BCUT2D eigenvalue weighted by atomic mass is 10.1. The predicted molar refractivity (Wildman–Crippen MR) is 144 cm³/mol. The second-order valence-corrected chi connectivity index (χ2v) is 11.5. The van der Waals surface area contributed by atoms with Crippen molar-refractivity contribution in [1.82, 2.24) is 19.8 Å². The minimum absolute atomic E-state index is 0.0315. The van der Waals surface area contributed by atoms with Gasteiger partial charge in [-0.1, -0.05) is 41.9 Å². The van der Waals surface area contributed by atoms with Crippen molar-refractivity contribution in [3.8, 4) is 10.4 Å². The van der Waals surface area contributed by atoms with Crippen molar-refractivity contribution in [2.75, 3.05) is 13.1 Å². The molecule has 1 saturated heterocycles. The first kappa shape index (κ1) is 23.3. The van der Waals surface area contributed by atoms with Crippen molar-refractivity contribution >= 4 is 45.7 Å². The van der Waals surface area contributed by atoms with Crippen molar-refractivity contribution in [2.45, 2.75) is 26.3 Å². The highest BCUT2D eigenvalue weighted by Gasteiger charge is 2.54. The number of para-hydroxylation sites is 1. The van der Waals surface area contributed by atoms with Gasteiger partial charge in [0.1, 0.15) is 5.69 Å². The van der Waals surface area contributed by atoms with Gasteiger partial charge in [-0.25, -0.2) is 4.98 Å². The van der Waals surface area contributed by atoms with Crippen molar-refractivity contribution in [1.29, 1.82) is 0 Å². The van der Waals surface area contributed by atoms with Crippen LogP contribution in [0.5, 0.6) is 0 Å². The lowest BCUT2D eigenvalue weighted by molar-refractivity contribution is 0.0690. The smallest absolute Gasteiger partial charge is 0.274 e. The second-order valence-electron chi connectivity index (χ2n) is 9.85. The predicted octanol–water partition coefficient (Wildman–Crippen LogP) is 5.46. The number of benzene rings is 2. The number of hydrogen-bond acceptors (Lipinski definition) is 4. The lowest BCUT2D eigenvalue weighted by Gasteiger charge is -2.27. The van der Waals surface area contributed by atoms with Gasteiger partial charge in [-0.15, -0.1) is 11.3 Å². The Kier molecular flexibility index (Phi) is 5.65. The number of piperidine rings is 1. The van der Waals surface area contributed by atoms with Crippen LogP contribution in [0, 0.1) is 25.7 Å². The zero-order valence-electron chi connectivity index (χ0n) is 20.4. The van der Waals surface area contributed by atoms with Crippen LogP contribution in [0.15, 0.2) is 48.5 Å². The molecule has 2 aromatic heterocycles. The summed E-state index contributed by atoms with van der Waals surface area (Å²) in [7, 11) is 1.98. The molecule has 6 rings (SSSR count). The van der Waals surface area contributed by atoms with Crippen molar-refractivity contribution in [3.63, 3.8) is 0 Å². The summed E-state index contributed by atoms with van der Waals surface area (Å²) >= 11 is 7.73. The van der Waals surface area contributed by atoms with Crippen LogP contribution in [0.3, 0.4) is 0 Å². The van der Waals surface area contributed by atoms with Gasteiger partial charge < -0.3 is 14.8 Å². The highest BCUT2D eigenvalue weighted by molar-refractivity contribution is 7.15. The van der Waals surface area contributed by atoms with E-state index >= 15 is 0 Å². The monoisotopic (exact) mass is 518 g/mol. The minimum atomic E-state index is -0.0927. The first-order valence-electron chi connectivity index (χ1n) is 12.2. The Hall–Kier alpha value is -3.16. The first-order valence-corrected chi connectivity index (χ1v) is 13.4. The zero-order chi connectivity index (χ0) is 25.1. The number of aromatic nitrogens is 2. The van der Waals surface area contributed by atoms with Gasteiger partial charge in [-0.2, -0.15) is 0 Å². The van der Waals surface area contributed by atoms with E-state index in [2.05, 4.69) is 14.9 Å². The molecule has 1 saturated carbocycles. The van der Waals surface area contributed by atoms with Gasteiger partial charge in [0.05, 0.1) is 21.5 Å². The summed E-state index contributed by atoms with van der Waals surface area (Å²) in [5.41, 5.74) is 4.04. The highest BCUT2D eigenvalue weighted by atomic mass is 35.5. The van der Waals surface area contributed by atoms with E-state index in [0.717, 1.165) is 38.5 Å². The molecule has 8 heteroatoms. The minimum Gasteiger partial charge on any atom is -0.350 e. The molecule has 0 unspecified atom stereocenters. The number of carbonyl (C=O) groups excluding carboxylic acids is 2. The number of aryl methyl sites for hydroxylation is 2. The summed E-state index contributed by atoms with van der Waals surface area (Å²) in [6, 6.07) is 15.5. The summed E-state index contributed by atoms with van der Waals surface area (Å²) in [5, 5.41) is 5.58. The number of rotatable bonds is 5. The maximum atomic E-state index is 13.8. The number of likely N-dealkylation sites (tertiary alicyclic amines) is 1. The molecule has 3 heterocycles. The van der Waals surface area contributed by atoms with E-state index in [4.69, 9.17) is 11.6 Å². The molecule has 1 N–H and O–H groups in total. The molecule has 1 aliphatic heterocycles. The van der Waals surface area contributed by atoms with Gasteiger partial charge in [-0.05, 0) is 55.9 Å². The number of hydrogen-bond donors (Lipinski definition) is 1. The van der Waals surface area contributed by atoms with E-state index in [9.17, 15) is 9.59 Å². The van der Waals surface area contributed by atoms with Crippen LogP contribution in [0.4, 0.5) is 0 Å². The SMILES string of the molecule is Cc1nc(C(=O)N2C[C@@H]3C[C@@H]3[C@H]2CNC(=O)c2c(C)n(C)c3ccccc23)c(-c2cccc(Cl)c2)s1. The van der Waals surface area contributed by atoms with Gasteiger partial charge in [0.2, 0.25) is 0 Å². The van der Waals surface area contributed by atoms with E-state index in [1.807, 2.05) is 74.3 Å². The summed E-state index contributed by atoms with van der Waals surface area (Å²) < 4.78 is 2.05. The van der Waals surface area contributed by atoms with Gasteiger partial charge in [0.15, 0.2) is 0 Å². The molecule has 36 heavy (non-hydrogen) atoms. The number of nitrogens with zero attached hydrogens (tertiary/aromatic N) is 3. The van der Waals surface area contributed by atoms with Crippen LogP contribution in [0.1, 0.15) is 38.0 Å². The summed E-state index contributed by atoms with van der Waals surface area (Å²) in [4.78, 5) is 34.5. The van der Waals surface area contributed by atoms with Gasteiger partial charge >= 0.3 is 0 Å². The van der Waals surface area contributed by atoms with Crippen LogP contribution >= 0.6 is 22.9 Å². The summed E-state index contributed by atoms with van der Waals surface area (Å²) in [6.07, 6.45) is 1.11. The lowest BCUT2D eigenvalue weighted by Crippen LogP contribution is -2.45. The molecule has 2 fully saturated rings. The number of fused-ring (bicyclic) bond motifs is 2. The Morgan fingerprint density at radius 1 is 1.17 bits per heavy atom. The third-order valence-electron chi connectivity index (χ3n) is 7.69. The maximum absolute atomic E-state index is 13.8. The van der Waals surface area contributed by atoms with Gasteiger partial charge in [0.25, 0.3) is 11.8 Å². The van der Waals surface area contributed by atoms with Crippen LogP contribution in [-0.4, -0.2) is 45.4 Å². The molecule has 2 aromatic carbocycles. The zero-order valence-corrected chi connectivity index (χ0v) is 22.0. The number of nitrogens with one attached hydrogen (secondary N) is 1. The number of thiazole rings is 1. The Labute approximate surface area is 218 Å². The molecular formula is C28H27ClN4O2S. The molecule has 2 aliphatic rings. The number of carbonyl (C=O) groups is 2. The normalized spacial score (nSPS) is 20.6. The van der Waals surface area contributed by atoms with E-state index in [1.165, 1.54) is 11.3 Å². The fourth-order valence-corrected chi connectivity index (χ4v) is 6.79. The number of amides is 2. The van der Waals surface area contributed by atoms with Crippen molar-refractivity contribution < 1.29 is 9.59 Å². The average molecular weight is 519 g/mol. The Morgan fingerprint density at radius 3 is 2.78 bits per heavy atom. The standard InChI is InChI=1S/C28H27ClN4O2S/c1-15-24(20-9-4-5-10-22(20)32(15)3)27(34)30-13-23-21-12-18(21)14-33(23)28(35)25-26(36-16(2)31-25)17-7-6-8-19(29)11-17/h4-11,18,21,23H,12-14H2,1-3H3,(H,30,34)/t18-,21-,23+/m0/s1. The molecule has 184 valence electrons. The Balaban J connectivity index is 1.25.